The maximum Gasteiger partial charge on any atom is 0.161 e. The number of rotatable bonds is 8. The molecule has 0 fully saturated rings. The summed E-state index contributed by atoms with van der Waals surface area (Å²) < 4.78 is 16.1. The van der Waals surface area contributed by atoms with Crippen molar-refractivity contribution in [3.8, 4) is 11.5 Å². The summed E-state index contributed by atoms with van der Waals surface area (Å²) in [7, 11) is 3.22. The standard InChI is InChI=1S/C18H25NO4/c1-5-9-23-10-7-17(20)18(2)14-12-16(22-4)15(21-3)11-13(14)6-8-19-18/h5,11-12,19H,1,6-10H2,2-4H3. The largest absolute Gasteiger partial charge is 0.493 e. The first-order valence-corrected chi connectivity index (χ1v) is 7.79. The fourth-order valence-electron chi connectivity index (χ4n) is 2.97. The van der Waals surface area contributed by atoms with Crippen LogP contribution in [0.5, 0.6) is 11.5 Å². The Morgan fingerprint density at radius 2 is 2.04 bits per heavy atom. The first-order chi connectivity index (χ1) is 11.1. The molecule has 1 aromatic rings. The van der Waals surface area contributed by atoms with E-state index in [1.54, 1.807) is 20.3 Å². The summed E-state index contributed by atoms with van der Waals surface area (Å²) in [4.78, 5) is 12.8. The summed E-state index contributed by atoms with van der Waals surface area (Å²) in [6.07, 6.45) is 2.88. The summed E-state index contributed by atoms with van der Waals surface area (Å²) in [5.74, 6) is 1.43. The molecule has 1 aliphatic heterocycles. The number of Topliss-reactive ketones (excluding diaryl/α,β-unsaturated/α-hetero) is 1. The molecule has 5 nitrogen and oxygen atoms in total. The Labute approximate surface area is 137 Å². The normalized spacial score (nSPS) is 19.8. The molecule has 23 heavy (non-hydrogen) atoms. The van der Waals surface area contributed by atoms with Crippen molar-refractivity contribution in [1.29, 1.82) is 0 Å². The lowest BCUT2D eigenvalue weighted by Gasteiger charge is -2.36. The monoisotopic (exact) mass is 319 g/mol. The van der Waals surface area contributed by atoms with Crippen LogP contribution in [0.25, 0.3) is 0 Å². The second kappa shape index (κ2) is 7.62. The minimum atomic E-state index is -0.731. The maximum atomic E-state index is 12.8. The number of ketones is 1. The molecule has 0 saturated carbocycles. The minimum absolute atomic E-state index is 0.106. The maximum absolute atomic E-state index is 12.8. The first-order valence-electron chi connectivity index (χ1n) is 7.79. The average molecular weight is 319 g/mol. The van der Waals surface area contributed by atoms with Crippen molar-refractivity contribution in [2.75, 3.05) is 34.0 Å². The lowest BCUT2D eigenvalue weighted by molar-refractivity contribution is -0.126. The van der Waals surface area contributed by atoms with E-state index < -0.39 is 5.54 Å². The molecule has 2 rings (SSSR count). The van der Waals surface area contributed by atoms with Crippen molar-refractivity contribution in [1.82, 2.24) is 5.32 Å². The van der Waals surface area contributed by atoms with Gasteiger partial charge in [-0.25, -0.2) is 0 Å². The predicted molar refractivity (Wildman–Crippen MR) is 89.2 cm³/mol. The van der Waals surface area contributed by atoms with Crippen LogP contribution in [0.3, 0.4) is 0 Å². The van der Waals surface area contributed by atoms with E-state index in [0.717, 1.165) is 24.1 Å². The molecule has 1 unspecified atom stereocenters. The quantitative estimate of drug-likeness (QED) is 0.588. The van der Waals surface area contributed by atoms with Gasteiger partial charge in [0.25, 0.3) is 0 Å². The molecular formula is C18H25NO4. The zero-order valence-corrected chi connectivity index (χ0v) is 14.1. The second-order valence-corrected chi connectivity index (χ2v) is 5.70. The van der Waals surface area contributed by atoms with E-state index in [2.05, 4.69) is 11.9 Å². The molecule has 0 saturated heterocycles. The number of ether oxygens (including phenoxy) is 3. The van der Waals surface area contributed by atoms with Crippen LogP contribution in [0.2, 0.25) is 0 Å². The molecule has 1 N–H and O–H groups in total. The fourth-order valence-corrected chi connectivity index (χ4v) is 2.97. The SMILES string of the molecule is C=CCOCCC(=O)C1(C)NCCc2cc(OC)c(OC)cc21. The molecular weight excluding hydrogens is 294 g/mol. The molecule has 0 radical (unpaired) electrons. The van der Waals surface area contributed by atoms with E-state index >= 15 is 0 Å². The van der Waals surface area contributed by atoms with Gasteiger partial charge < -0.3 is 19.5 Å². The van der Waals surface area contributed by atoms with Gasteiger partial charge in [-0.2, -0.15) is 0 Å². The number of carbonyl (C=O) groups is 1. The Balaban J connectivity index is 2.28. The van der Waals surface area contributed by atoms with Gasteiger partial charge in [-0.15, -0.1) is 6.58 Å². The lowest BCUT2D eigenvalue weighted by atomic mass is 9.79. The van der Waals surface area contributed by atoms with Gasteiger partial charge in [-0.3, -0.25) is 4.79 Å². The molecule has 0 aromatic heterocycles. The van der Waals surface area contributed by atoms with E-state index in [4.69, 9.17) is 14.2 Å². The molecule has 1 aliphatic rings. The van der Waals surface area contributed by atoms with Gasteiger partial charge in [0.05, 0.1) is 27.4 Å². The summed E-state index contributed by atoms with van der Waals surface area (Å²) in [6, 6.07) is 3.87. The first kappa shape index (κ1) is 17.5. The van der Waals surface area contributed by atoms with Crippen LogP contribution < -0.4 is 14.8 Å². The van der Waals surface area contributed by atoms with Crippen LogP contribution in [0.15, 0.2) is 24.8 Å². The Bertz CT molecular complexity index is 585. The molecule has 1 heterocycles. The fraction of sp³-hybridized carbons (Fsp3) is 0.500. The number of fused-ring (bicyclic) bond motifs is 1. The highest BCUT2D eigenvalue weighted by atomic mass is 16.5. The van der Waals surface area contributed by atoms with Gasteiger partial charge in [-0.05, 0) is 36.6 Å². The molecule has 0 spiro atoms. The Kier molecular flexibility index (Phi) is 5.80. The minimum Gasteiger partial charge on any atom is -0.493 e. The molecule has 0 aliphatic carbocycles. The van der Waals surface area contributed by atoms with E-state index in [9.17, 15) is 4.79 Å². The van der Waals surface area contributed by atoms with Crippen molar-refractivity contribution < 1.29 is 19.0 Å². The molecule has 0 bridgehead atoms. The van der Waals surface area contributed by atoms with Gasteiger partial charge in [0.15, 0.2) is 17.3 Å². The van der Waals surface area contributed by atoms with Gasteiger partial charge in [0.1, 0.15) is 5.54 Å². The van der Waals surface area contributed by atoms with Crippen molar-refractivity contribution in [3.05, 3.63) is 35.9 Å². The van der Waals surface area contributed by atoms with Crippen LogP contribution in [0, 0.1) is 0 Å². The number of methoxy groups -OCH3 is 2. The van der Waals surface area contributed by atoms with Crippen LogP contribution in [0.4, 0.5) is 0 Å². The van der Waals surface area contributed by atoms with E-state index in [1.807, 2.05) is 19.1 Å². The summed E-state index contributed by atoms with van der Waals surface area (Å²) in [5.41, 5.74) is 1.34. The third-order valence-corrected chi connectivity index (χ3v) is 4.29. The Hall–Kier alpha value is -1.85. The summed E-state index contributed by atoms with van der Waals surface area (Å²) in [6.45, 7) is 7.12. The zero-order valence-electron chi connectivity index (χ0n) is 14.1. The third kappa shape index (κ3) is 3.57. The third-order valence-electron chi connectivity index (χ3n) is 4.29. The van der Waals surface area contributed by atoms with Crippen LogP contribution in [0.1, 0.15) is 24.5 Å². The highest BCUT2D eigenvalue weighted by Crippen LogP contribution is 2.38. The summed E-state index contributed by atoms with van der Waals surface area (Å²) in [5, 5.41) is 3.36. The van der Waals surface area contributed by atoms with Crippen molar-refractivity contribution >= 4 is 5.78 Å². The second-order valence-electron chi connectivity index (χ2n) is 5.70. The van der Waals surface area contributed by atoms with Crippen LogP contribution >= 0.6 is 0 Å². The van der Waals surface area contributed by atoms with Gasteiger partial charge >= 0.3 is 0 Å². The van der Waals surface area contributed by atoms with Crippen molar-refractivity contribution in [2.24, 2.45) is 0 Å². The molecule has 1 atom stereocenters. The van der Waals surface area contributed by atoms with Crippen molar-refractivity contribution in [3.63, 3.8) is 0 Å². The highest BCUT2D eigenvalue weighted by Gasteiger charge is 2.38. The smallest absolute Gasteiger partial charge is 0.161 e. The average Bonchev–Trinajstić information content (AvgIpc) is 2.57. The topological polar surface area (TPSA) is 56.8 Å². The van der Waals surface area contributed by atoms with Gasteiger partial charge in [0, 0.05) is 13.0 Å². The molecule has 0 amide bonds. The highest BCUT2D eigenvalue weighted by molar-refractivity contribution is 5.90. The Morgan fingerprint density at radius 3 is 2.70 bits per heavy atom. The number of hydrogen-bond acceptors (Lipinski definition) is 5. The van der Waals surface area contributed by atoms with E-state index in [1.165, 1.54) is 0 Å². The van der Waals surface area contributed by atoms with E-state index in [0.29, 0.717) is 31.1 Å². The van der Waals surface area contributed by atoms with Gasteiger partial charge in [0.2, 0.25) is 0 Å². The summed E-state index contributed by atoms with van der Waals surface area (Å²) >= 11 is 0. The zero-order chi connectivity index (χ0) is 16.9. The predicted octanol–water partition coefficient (Wildman–Crippen LogP) is 2.23. The molecule has 5 heteroatoms. The van der Waals surface area contributed by atoms with Crippen molar-refractivity contribution in [2.45, 2.75) is 25.3 Å². The number of nitrogens with one attached hydrogen (secondary N) is 1. The molecule has 1 aromatic carbocycles. The molecule has 126 valence electrons. The van der Waals surface area contributed by atoms with Crippen LogP contribution in [-0.2, 0) is 21.5 Å². The number of benzene rings is 1. The number of carbonyl (C=O) groups excluding carboxylic acids is 1. The number of hydrogen-bond donors (Lipinski definition) is 1. The van der Waals surface area contributed by atoms with E-state index in [-0.39, 0.29) is 5.78 Å². The Morgan fingerprint density at radius 1 is 1.35 bits per heavy atom. The van der Waals surface area contributed by atoms with Crippen LogP contribution in [-0.4, -0.2) is 39.8 Å². The lowest BCUT2D eigenvalue weighted by Crippen LogP contribution is -2.51. The van der Waals surface area contributed by atoms with Gasteiger partial charge in [-0.1, -0.05) is 6.08 Å².